The molecule has 3 unspecified atom stereocenters. The minimum atomic E-state index is -1.07. The molecule has 87 heavy (non-hydrogen) atoms. The summed E-state index contributed by atoms with van der Waals surface area (Å²) in [6.07, 6.45) is 16.4. The lowest BCUT2D eigenvalue weighted by molar-refractivity contribution is -0.133. The van der Waals surface area contributed by atoms with Gasteiger partial charge in [0.2, 0.25) is 5.91 Å². The Bertz CT molecular complexity index is 4070. The number of aryl methyl sites for hydroxylation is 1. The number of carbonyl (C=O) groups is 4. The number of nitrogens with two attached hydrogens (primary N) is 3. The van der Waals surface area contributed by atoms with E-state index in [4.69, 9.17) is 33.8 Å². The maximum Gasteiger partial charge on any atom is 0.262 e. The first kappa shape index (κ1) is 57.9. The molecule has 1 saturated heterocycles. The molecule has 0 radical (unpaired) electrons. The zero-order valence-electron chi connectivity index (χ0n) is 49.1. The lowest BCUT2D eigenvalue weighted by Crippen LogP contribution is -2.46. The molecule has 3 atom stereocenters. The van der Waals surface area contributed by atoms with Crippen molar-refractivity contribution in [3.63, 3.8) is 0 Å². The number of rotatable bonds is 12. The van der Waals surface area contributed by atoms with Crippen molar-refractivity contribution in [3.05, 3.63) is 198 Å². The highest BCUT2D eigenvalue weighted by Crippen LogP contribution is 2.53. The number of nitrogens with zero attached hydrogens (tertiary/aromatic N) is 11. The van der Waals surface area contributed by atoms with Crippen LogP contribution in [0.1, 0.15) is 74.8 Å². The van der Waals surface area contributed by atoms with Gasteiger partial charge in [0.15, 0.2) is 34.5 Å². The van der Waals surface area contributed by atoms with E-state index < -0.39 is 16.6 Å². The molecule has 19 heteroatoms. The first-order valence-corrected chi connectivity index (χ1v) is 29.9. The number of likely N-dealkylation sites (N-methyl/N-ethyl adjacent to an activating group) is 1. The predicted molar refractivity (Wildman–Crippen MR) is 338 cm³/mol. The van der Waals surface area contributed by atoms with Gasteiger partial charge >= 0.3 is 0 Å². The first-order valence-electron chi connectivity index (χ1n) is 29.5. The molecule has 7 heterocycles. The monoisotopic (exact) mass is 1180 g/mol. The van der Waals surface area contributed by atoms with Gasteiger partial charge < -0.3 is 26.7 Å². The molecule has 8 aromatic rings. The molecule has 18 nitrogen and oxygen atoms in total. The van der Waals surface area contributed by atoms with Crippen LogP contribution in [0.3, 0.4) is 0 Å². The second-order valence-corrected chi connectivity index (χ2v) is 24.0. The number of aliphatic imine (C=N–C) groups is 3. The van der Waals surface area contributed by atoms with Crippen molar-refractivity contribution in [2.24, 2.45) is 57.0 Å². The molecular formula is C68H69ClN14O4. The number of hydrogen-bond acceptors (Lipinski definition) is 13. The van der Waals surface area contributed by atoms with Crippen LogP contribution < -0.4 is 17.2 Å². The number of halogens is 1. The van der Waals surface area contributed by atoms with Gasteiger partial charge in [0.1, 0.15) is 6.33 Å². The van der Waals surface area contributed by atoms with Crippen LogP contribution in [0.5, 0.6) is 0 Å². The highest BCUT2D eigenvalue weighted by molar-refractivity contribution is 6.30. The van der Waals surface area contributed by atoms with E-state index in [9.17, 15) is 19.2 Å². The van der Waals surface area contributed by atoms with Crippen LogP contribution in [0, 0.1) is 17.8 Å². The van der Waals surface area contributed by atoms with Gasteiger partial charge in [0.05, 0.1) is 6.54 Å². The molecule has 442 valence electrons. The molecule has 14 rings (SSSR count). The van der Waals surface area contributed by atoms with Gasteiger partial charge in [-0.3, -0.25) is 38.9 Å². The number of likely N-dealkylation sites (tertiary alicyclic amines) is 1. The standard InChI is InChI=1S/C27H29N5O2.C24H23ClN4O.C17H17N5O/c1-18(33)31-12-10-19(11-13-31)17-32-25(34)27(2,30-26(32)28)22-8-5-7-20(14-22)24-16-29-15-21-6-3-4-9-23(21)24;1-28-12-4-9-21(28)15-29-22(30)24(18-10-11-18,27-23(29)26)19-7-2-5-16(13-19)17-6-3-8-20(25)14-17;1-22-15(23)17(13-5-6-13,21-16(22)18)14-4-2-3-11(7-14)12-8-19-10-20-9-12/h3-9,14-16,19H,10-13,17H2,1-2H3,(H2,28,30);2-9,12-14,18H,10-11,15H2,1H3,(H2,26,27);2-4,7-10,13H,5-6H2,1H3,(H2,18,21). The molecule has 3 fully saturated rings. The Kier molecular flexibility index (Phi) is 15.5. The number of benzene rings is 5. The molecule has 2 saturated carbocycles. The third kappa shape index (κ3) is 11.0. The Morgan fingerprint density at radius 1 is 0.575 bits per heavy atom. The summed E-state index contributed by atoms with van der Waals surface area (Å²) in [5, 5.41) is 2.86. The van der Waals surface area contributed by atoms with Crippen LogP contribution >= 0.6 is 11.6 Å². The summed E-state index contributed by atoms with van der Waals surface area (Å²) in [4.78, 5) is 85.0. The summed E-state index contributed by atoms with van der Waals surface area (Å²) in [7, 11) is 3.64. The van der Waals surface area contributed by atoms with Crippen LogP contribution in [-0.2, 0) is 49.4 Å². The highest BCUT2D eigenvalue weighted by atomic mass is 35.5. The van der Waals surface area contributed by atoms with Crippen LogP contribution in [-0.4, -0.2) is 107 Å². The normalized spacial score (nSPS) is 21.9. The van der Waals surface area contributed by atoms with Crippen LogP contribution in [0.25, 0.3) is 44.2 Å². The van der Waals surface area contributed by atoms with Crippen molar-refractivity contribution in [2.75, 3.05) is 26.7 Å². The summed E-state index contributed by atoms with van der Waals surface area (Å²) in [6.45, 7) is 5.82. The van der Waals surface area contributed by atoms with E-state index in [-0.39, 0.29) is 47.4 Å². The number of pyridine rings is 1. The van der Waals surface area contributed by atoms with Crippen LogP contribution in [0.2, 0.25) is 5.02 Å². The number of guanidine groups is 3. The Morgan fingerprint density at radius 3 is 1.76 bits per heavy atom. The largest absolute Gasteiger partial charge is 0.369 e. The van der Waals surface area contributed by atoms with Gasteiger partial charge in [0.25, 0.3) is 17.7 Å². The van der Waals surface area contributed by atoms with E-state index in [2.05, 4.69) is 37.1 Å². The topological polar surface area (TPSA) is 240 Å². The summed E-state index contributed by atoms with van der Waals surface area (Å²) < 4.78 is 2.00. The van der Waals surface area contributed by atoms with Gasteiger partial charge in [-0.1, -0.05) is 103 Å². The van der Waals surface area contributed by atoms with Crippen molar-refractivity contribution in [3.8, 4) is 33.4 Å². The van der Waals surface area contributed by atoms with E-state index >= 15 is 0 Å². The molecular weight excluding hydrogens is 1110 g/mol. The fourth-order valence-electron chi connectivity index (χ4n) is 12.7. The molecule has 5 aromatic carbocycles. The SMILES string of the molecule is CC(=O)N1CCC(CN2C(=O)C(C)(c3cccc(-c4cncc5ccccc45)c3)N=C2N)CC1.CN1C(=O)C(c2cccc(-c3cncnc3)c2)(C2CC2)N=C1N.Cn1cccc1CN1C(=O)C(c2cccc(-c3cccc(Cl)c3)c2)(C2CC2)N=C1N. The lowest BCUT2D eigenvalue weighted by Gasteiger charge is -2.33. The molecule has 0 spiro atoms. The molecule has 0 bridgehead atoms. The number of hydrogen-bond donors (Lipinski definition) is 3. The first-order chi connectivity index (χ1) is 42.0. The quantitative estimate of drug-likeness (QED) is 0.105. The maximum absolute atomic E-state index is 13.8. The molecule has 2 aliphatic carbocycles. The van der Waals surface area contributed by atoms with Crippen LogP contribution in [0.4, 0.5) is 0 Å². The molecule has 4 amide bonds. The zero-order chi connectivity index (χ0) is 60.8. The summed E-state index contributed by atoms with van der Waals surface area (Å²) in [5.74, 6) is 1.46. The maximum atomic E-state index is 13.8. The number of aromatic nitrogens is 4. The summed E-state index contributed by atoms with van der Waals surface area (Å²) in [6, 6.07) is 43.7. The van der Waals surface area contributed by atoms with Crippen molar-refractivity contribution in [1.29, 1.82) is 0 Å². The van der Waals surface area contributed by atoms with E-state index in [1.54, 1.807) is 36.2 Å². The molecule has 6 N–H and O–H groups in total. The number of amides is 4. The highest BCUT2D eigenvalue weighted by Gasteiger charge is 2.59. The van der Waals surface area contributed by atoms with Gasteiger partial charge in [-0.05, 0) is 150 Å². The average molecular weight is 1180 g/mol. The second kappa shape index (κ2) is 23.4. The third-order valence-electron chi connectivity index (χ3n) is 17.9. The van der Waals surface area contributed by atoms with Gasteiger partial charge in [-0.25, -0.2) is 24.9 Å². The lowest BCUT2D eigenvalue weighted by atomic mass is 9.83. The van der Waals surface area contributed by atoms with Crippen molar-refractivity contribution >= 4 is 63.9 Å². The summed E-state index contributed by atoms with van der Waals surface area (Å²) in [5.41, 5.74) is 25.1. The van der Waals surface area contributed by atoms with Gasteiger partial charge in [0, 0.05) is 98.9 Å². The molecule has 3 aromatic heterocycles. The number of piperidine rings is 1. The summed E-state index contributed by atoms with van der Waals surface area (Å²) >= 11 is 6.19. The van der Waals surface area contributed by atoms with Crippen molar-refractivity contribution < 1.29 is 19.2 Å². The number of carbonyl (C=O) groups excluding carboxylic acids is 4. The fraction of sp³-hybridized carbons (Fsp3) is 0.294. The van der Waals surface area contributed by atoms with E-state index in [1.165, 1.54) is 11.2 Å². The fourth-order valence-corrected chi connectivity index (χ4v) is 12.9. The minimum Gasteiger partial charge on any atom is -0.369 e. The van der Waals surface area contributed by atoms with Crippen molar-refractivity contribution in [2.45, 2.75) is 75.5 Å². The zero-order valence-corrected chi connectivity index (χ0v) is 49.9. The Labute approximate surface area is 510 Å². The average Bonchev–Trinajstić information content (AvgIpc) is 1.77. The third-order valence-corrected chi connectivity index (χ3v) is 18.2. The van der Waals surface area contributed by atoms with E-state index in [0.29, 0.717) is 30.0 Å². The molecule has 6 aliphatic rings. The van der Waals surface area contributed by atoms with Crippen LogP contribution in [0.15, 0.2) is 186 Å². The number of fused-ring (bicyclic) bond motifs is 1. The Hall–Kier alpha value is -9.55. The van der Waals surface area contributed by atoms with Gasteiger partial charge in [-0.15, -0.1) is 0 Å². The van der Waals surface area contributed by atoms with E-state index in [0.717, 1.165) is 118 Å². The predicted octanol–water partition coefficient (Wildman–Crippen LogP) is 9.38. The van der Waals surface area contributed by atoms with Crippen molar-refractivity contribution in [1.82, 2.24) is 39.1 Å². The van der Waals surface area contributed by atoms with E-state index in [1.807, 2.05) is 163 Å². The minimum absolute atomic E-state index is 0.0352. The molecule has 4 aliphatic heterocycles. The van der Waals surface area contributed by atoms with Gasteiger partial charge in [-0.2, -0.15) is 0 Å². The smallest absolute Gasteiger partial charge is 0.262 e. The Balaban J connectivity index is 0.000000130. The second-order valence-electron chi connectivity index (χ2n) is 23.6. The Morgan fingerprint density at radius 2 is 1.15 bits per heavy atom.